The zero-order valence-electron chi connectivity index (χ0n) is 12.0. The van der Waals surface area contributed by atoms with Crippen molar-refractivity contribution in [3.8, 4) is 5.75 Å². The first-order valence-electron chi connectivity index (χ1n) is 5.39. The minimum Gasteiger partial charge on any atom is -0.490 e. The van der Waals surface area contributed by atoms with Gasteiger partial charge in [0.15, 0.2) is 0 Å². The Labute approximate surface area is 135 Å². The summed E-state index contributed by atoms with van der Waals surface area (Å²) in [5, 5.41) is 0. The van der Waals surface area contributed by atoms with Crippen LogP contribution in [0.2, 0.25) is 0 Å². The summed E-state index contributed by atoms with van der Waals surface area (Å²) >= 11 is 0. The Kier molecular flexibility index (Phi) is 27.2. The molecule has 1 rings (SSSR count). The van der Waals surface area contributed by atoms with Crippen LogP contribution in [0.4, 0.5) is 0 Å². The molecule has 0 saturated heterocycles. The van der Waals surface area contributed by atoms with E-state index in [1.54, 1.807) is 24.5 Å². The predicted octanol–water partition coefficient (Wildman–Crippen LogP) is 3.57. The fourth-order valence-electron chi connectivity index (χ4n) is 0.795. The maximum Gasteiger partial charge on any atom is 2.00 e. The van der Waals surface area contributed by atoms with Crippen molar-refractivity contribution in [1.82, 2.24) is 0 Å². The molecule has 1 aromatic rings. The topological polar surface area (TPSA) is 43.4 Å². The maximum absolute atomic E-state index is 10.5. The summed E-state index contributed by atoms with van der Waals surface area (Å²) in [6.07, 6.45) is 1.67. The Morgan fingerprint density at radius 1 is 1.11 bits per heavy atom. The average molecular weight is 476 g/mol. The third kappa shape index (κ3) is 11.9. The second kappa shape index (κ2) is 18.8. The third-order valence-electron chi connectivity index (χ3n) is 1.25. The smallest absolute Gasteiger partial charge is 0.490 e. The standard InChI is InChI=1S/C9H7O3.2C2H6.CH3.U/c1-7(11)12-9-5-3-2-4-8(9)6-10;2*1-2;;/h2-5H,1H3;2*1-2H3;1H3;/q-1;;;-1;+2. The molecule has 0 bridgehead atoms. The summed E-state index contributed by atoms with van der Waals surface area (Å²) < 4.78 is 4.73. The molecule has 0 spiro atoms. The Bertz CT molecular complexity index is 312. The zero-order chi connectivity index (χ0) is 13.0. The van der Waals surface area contributed by atoms with Gasteiger partial charge in [-0.05, 0) is 0 Å². The van der Waals surface area contributed by atoms with Crippen molar-refractivity contribution in [2.75, 3.05) is 0 Å². The van der Waals surface area contributed by atoms with Gasteiger partial charge in [-0.15, -0.1) is 11.6 Å². The van der Waals surface area contributed by atoms with Crippen molar-refractivity contribution in [1.29, 1.82) is 0 Å². The van der Waals surface area contributed by atoms with Crippen LogP contribution in [0.1, 0.15) is 40.2 Å². The molecule has 0 N–H and O–H groups in total. The first-order valence-corrected chi connectivity index (χ1v) is 5.39. The predicted molar refractivity (Wildman–Crippen MR) is 71.7 cm³/mol. The second-order valence-electron chi connectivity index (χ2n) is 2.19. The quantitative estimate of drug-likeness (QED) is 0.373. The third-order valence-corrected chi connectivity index (χ3v) is 1.25. The number of esters is 1. The molecule has 0 aromatic heterocycles. The van der Waals surface area contributed by atoms with E-state index in [4.69, 9.17) is 4.74 Å². The summed E-state index contributed by atoms with van der Waals surface area (Å²) in [7, 11) is 0. The molecular weight excluding hydrogens is 454 g/mol. The molecule has 0 atom stereocenters. The van der Waals surface area contributed by atoms with Crippen LogP contribution in [0.5, 0.6) is 5.75 Å². The molecule has 0 fully saturated rings. The van der Waals surface area contributed by atoms with E-state index in [1.807, 2.05) is 27.7 Å². The number of rotatable bonds is 2. The summed E-state index contributed by atoms with van der Waals surface area (Å²) in [6.45, 7) is 9.28. The molecule has 0 amide bonds. The molecule has 100 valence electrons. The molecule has 0 saturated carbocycles. The number of carbonyl (C=O) groups excluding carboxylic acids is 2. The number of hydrogen-bond donors (Lipinski definition) is 0. The van der Waals surface area contributed by atoms with Crippen molar-refractivity contribution in [2.45, 2.75) is 34.6 Å². The number of hydrogen-bond acceptors (Lipinski definition) is 3. The van der Waals surface area contributed by atoms with Crippen molar-refractivity contribution in [2.24, 2.45) is 0 Å². The molecule has 18 heavy (non-hydrogen) atoms. The minimum absolute atomic E-state index is 0. The van der Waals surface area contributed by atoms with Crippen LogP contribution >= 0.6 is 0 Å². The largest absolute Gasteiger partial charge is 2.00 e. The van der Waals surface area contributed by atoms with Gasteiger partial charge < -0.3 is 17.0 Å². The fraction of sp³-hybridized carbons (Fsp3) is 0.357. The van der Waals surface area contributed by atoms with Gasteiger partial charge in [0, 0.05) is 12.7 Å². The Hall–Kier alpha value is -0.588. The van der Waals surface area contributed by atoms with Crippen LogP contribution in [0.3, 0.4) is 0 Å². The van der Waals surface area contributed by atoms with E-state index in [1.165, 1.54) is 13.0 Å². The molecule has 0 heterocycles. The molecule has 4 heteroatoms. The molecule has 0 aliphatic carbocycles. The SMILES string of the molecule is CC.CC.CC(=O)Oc1ccccc1[C-]=O.[CH3-].[U+2]. The molecule has 0 aliphatic rings. The van der Waals surface area contributed by atoms with Gasteiger partial charge in [-0.1, -0.05) is 39.8 Å². The molecule has 3 nitrogen and oxygen atoms in total. The summed E-state index contributed by atoms with van der Waals surface area (Å²) in [5.74, 6) is -0.197. The zero-order valence-corrected chi connectivity index (χ0v) is 16.2. The average Bonchev–Trinajstić information content (AvgIpc) is 2.34. The molecular formula is C14H22O3U. The van der Waals surface area contributed by atoms with Crippen molar-refractivity contribution < 1.29 is 45.4 Å². The van der Waals surface area contributed by atoms with Gasteiger partial charge in [0.05, 0.1) is 6.29 Å². The van der Waals surface area contributed by atoms with Crippen LogP contribution < -0.4 is 4.74 Å². The van der Waals surface area contributed by atoms with E-state index in [0.29, 0.717) is 0 Å². The normalized spacial score (nSPS) is 6.72. The Morgan fingerprint density at radius 2 is 1.56 bits per heavy atom. The van der Waals surface area contributed by atoms with Crippen LogP contribution in [0.15, 0.2) is 24.3 Å². The van der Waals surface area contributed by atoms with E-state index in [-0.39, 0.29) is 49.9 Å². The van der Waals surface area contributed by atoms with Gasteiger partial charge in [0.25, 0.3) is 5.97 Å². The minimum atomic E-state index is -0.447. The van der Waals surface area contributed by atoms with E-state index >= 15 is 0 Å². The number of carbonyl (C=O) groups is 1. The van der Waals surface area contributed by atoms with Crippen molar-refractivity contribution >= 4 is 12.3 Å². The molecule has 0 radical (unpaired) electrons. The number of para-hydroxylation sites is 1. The Morgan fingerprint density at radius 3 is 1.94 bits per heavy atom. The van der Waals surface area contributed by atoms with Crippen LogP contribution in [0, 0.1) is 38.5 Å². The Balaban J connectivity index is -0.000000149. The van der Waals surface area contributed by atoms with Gasteiger partial charge in [-0.2, -0.15) is 6.07 Å². The van der Waals surface area contributed by atoms with Gasteiger partial charge in [0.1, 0.15) is 0 Å². The van der Waals surface area contributed by atoms with Gasteiger partial charge in [0.2, 0.25) is 0 Å². The van der Waals surface area contributed by atoms with E-state index in [9.17, 15) is 9.59 Å². The van der Waals surface area contributed by atoms with E-state index in [2.05, 4.69) is 0 Å². The summed E-state index contributed by atoms with van der Waals surface area (Å²) in [5.41, 5.74) is 0.257. The van der Waals surface area contributed by atoms with E-state index in [0.717, 1.165) is 0 Å². The number of ether oxygens (including phenoxy) is 1. The van der Waals surface area contributed by atoms with Crippen molar-refractivity contribution in [3.05, 3.63) is 37.3 Å². The van der Waals surface area contributed by atoms with Gasteiger partial charge in [-0.25, -0.2) is 0 Å². The molecule has 0 aliphatic heterocycles. The first-order chi connectivity index (χ1) is 7.74. The van der Waals surface area contributed by atoms with Gasteiger partial charge >= 0.3 is 31.1 Å². The van der Waals surface area contributed by atoms with Crippen LogP contribution in [0.25, 0.3) is 0 Å². The first kappa shape index (κ1) is 26.1. The summed E-state index contributed by atoms with van der Waals surface area (Å²) in [6, 6.07) is 6.43. The maximum atomic E-state index is 10.5. The second-order valence-corrected chi connectivity index (χ2v) is 2.19. The van der Waals surface area contributed by atoms with Crippen LogP contribution in [-0.2, 0) is 9.59 Å². The van der Waals surface area contributed by atoms with Crippen molar-refractivity contribution in [3.63, 3.8) is 0 Å². The van der Waals surface area contributed by atoms with E-state index < -0.39 is 5.97 Å². The monoisotopic (exact) mass is 476 g/mol. The fourth-order valence-corrected chi connectivity index (χ4v) is 0.795. The summed E-state index contributed by atoms with van der Waals surface area (Å²) in [4.78, 5) is 20.8. The van der Waals surface area contributed by atoms with Crippen LogP contribution in [-0.4, -0.2) is 12.3 Å². The molecule has 0 unspecified atom stereocenters. The molecule has 1 aromatic carbocycles. The van der Waals surface area contributed by atoms with Gasteiger partial charge in [-0.3, -0.25) is 4.79 Å². The number of benzene rings is 1.